The van der Waals surface area contributed by atoms with Gasteiger partial charge in [-0.05, 0) is 37.1 Å². The molecule has 1 fully saturated rings. The van der Waals surface area contributed by atoms with E-state index in [1.165, 1.54) is 12.8 Å². The van der Waals surface area contributed by atoms with Gasteiger partial charge in [-0.2, -0.15) is 4.52 Å². The number of hydrogen-bond acceptors (Lipinski definition) is 6. The quantitative estimate of drug-likeness (QED) is 0.775. The Hall–Kier alpha value is -3.16. The normalized spacial score (nSPS) is 14.0. The molecule has 1 amide bonds. The summed E-state index contributed by atoms with van der Waals surface area (Å²) in [5.74, 6) is 2.01. The zero-order valence-corrected chi connectivity index (χ0v) is 14.9. The Kier molecular flexibility index (Phi) is 4.16. The van der Waals surface area contributed by atoms with Gasteiger partial charge in [-0.15, -0.1) is 5.10 Å². The first kappa shape index (κ1) is 16.3. The predicted octanol–water partition coefficient (Wildman–Crippen LogP) is 2.04. The van der Waals surface area contributed by atoms with E-state index < -0.39 is 0 Å². The fourth-order valence-electron chi connectivity index (χ4n) is 3.04. The Morgan fingerprint density at radius 2 is 1.88 bits per heavy atom. The van der Waals surface area contributed by atoms with Crippen molar-refractivity contribution in [2.24, 2.45) is 0 Å². The van der Waals surface area contributed by atoms with Crippen LogP contribution >= 0.6 is 0 Å². The van der Waals surface area contributed by atoms with E-state index in [1.54, 1.807) is 23.0 Å². The van der Waals surface area contributed by atoms with E-state index in [-0.39, 0.29) is 5.91 Å². The van der Waals surface area contributed by atoms with Gasteiger partial charge >= 0.3 is 0 Å². The first-order valence-electron chi connectivity index (χ1n) is 8.66. The topological polar surface area (TPSA) is 78.7 Å². The number of pyridine rings is 1. The van der Waals surface area contributed by atoms with Crippen LogP contribution in [0.5, 0.6) is 0 Å². The number of rotatable bonds is 4. The Labute approximate surface area is 151 Å². The molecule has 0 saturated carbocycles. The van der Waals surface area contributed by atoms with Crippen LogP contribution in [0.15, 0.2) is 36.7 Å². The first-order valence-corrected chi connectivity index (χ1v) is 8.66. The summed E-state index contributed by atoms with van der Waals surface area (Å²) in [7, 11) is 3.81. The van der Waals surface area contributed by atoms with Gasteiger partial charge in [-0.3, -0.25) is 4.79 Å². The molecule has 0 atom stereocenters. The third-order valence-corrected chi connectivity index (χ3v) is 4.49. The van der Waals surface area contributed by atoms with Crippen LogP contribution in [0, 0.1) is 0 Å². The summed E-state index contributed by atoms with van der Waals surface area (Å²) in [6.45, 7) is 2.03. The summed E-state index contributed by atoms with van der Waals surface area (Å²) in [6.07, 6.45) is 5.55. The Bertz CT molecular complexity index is 926. The summed E-state index contributed by atoms with van der Waals surface area (Å²) in [4.78, 5) is 25.3. The van der Waals surface area contributed by atoms with Crippen molar-refractivity contribution in [1.29, 1.82) is 0 Å². The minimum absolute atomic E-state index is 0.238. The van der Waals surface area contributed by atoms with Crippen LogP contribution in [0.4, 0.5) is 17.5 Å². The highest BCUT2D eigenvalue weighted by molar-refractivity contribution is 6.03. The first-order chi connectivity index (χ1) is 12.6. The van der Waals surface area contributed by atoms with Gasteiger partial charge in [0.25, 0.3) is 5.91 Å². The van der Waals surface area contributed by atoms with Crippen molar-refractivity contribution in [3.05, 3.63) is 42.2 Å². The van der Waals surface area contributed by atoms with Gasteiger partial charge in [0.05, 0.1) is 11.8 Å². The van der Waals surface area contributed by atoms with Crippen LogP contribution in [0.2, 0.25) is 0 Å². The van der Waals surface area contributed by atoms with Gasteiger partial charge in [-0.1, -0.05) is 0 Å². The van der Waals surface area contributed by atoms with E-state index >= 15 is 0 Å². The Morgan fingerprint density at radius 3 is 2.58 bits per heavy atom. The van der Waals surface area contributed by atoms with E-state index in [2.05, 4.69) is 25.3 Å². The molecule has 0 aromatic carbocycles. The second-order valence-electron chi connectivity index (χ2n) is 6.55. The molecule has 1 saturated heterocycles. The van der Waals surface area contributed by atoms with Crippen molar-refractivity contribution in [2.45, 2.75) is 12.8 Å². The molecule has 0 bridgehead atoms. The summed E-state index contributed by atoms with van der Waals surface area (Å²) in [6, 6.07) is 7.46. The summed E-state index contributed by atoms with van der Waals surface area (Å²) >= 11 is 0. The molecule has 4 heterocycles. The zero-order chi connectivity index (χ0) is 18.1. The number of fused-ring (bicyclic) bond motifs is 1. The zero-order valence-electron chi connectivity index (χ0n) is 14.9. The summed E-state index contributed by atoms with van der Waals surface area (Å²) in [5.41, 5.74) is 1.19. The maximum atomic E-state index is 12.5. The van der Waals surface area contributed by atoms with Crippen LogP contribution in [-0.4, -0.2) is 52.7 Å². The smallest absolute Gasteiger partial charge is 0.258 e. The SMILES string of the molecule is CN(C)c1ccc(C(=O)Nc2cnc3ccc(N4CCCC4)nn23)cn1. The second-order valence-corrected chi connectivity index (χ2v) is 6.55. The number of aromatic nitrogens is 4. The molecule has 0 unspecified atom stereocenters. The number of hydrogen-bond donors (Lipinski definition) is 1. The number of carbonyl (C=O) groups is 1. The Morgan fingerprint density at radius 1 is 1.08 bits per heavy atom. The minimum Gasteiger partial charge on any atom is -0.363 e. The van der Waals surface area contributed by atoms with Crippen molar-refractivity contribution in [1.82, 2.24) is 19.6 Å². The van der Waals surface area contributed by atoms with Crippen molar-refractivity contribution in [2.75, 3.05) is 42.3 Å². The third-order valence-electron chi connectivity index (χ3n) is 4.49. The average Bonchev–Trinajstić information content (AvgIpc) is 3.32. The highest BCUT2D eigenvalue weighted by Gasteiger charge is 2.16. The molecule has 0 spiro atoms. The molecule has 4 rings (SSSR count). The maximum absolute atomic E-state index is 12.5. The largest absolute Gasteiger partial charge is 0.363 e. The lowest BCUT2D eigenvalue weighted by atomic mass is 10.2. The maximum Gasteiger partial charge on any atom is 0.258 e. The molecule has 1 aliphatic rings. The van der Waals surface area contributed by atoms with Gasteiger partial charge in [0.15, 0.2) is 11.5 Å². The number of nitrogens with zero attached hydrogens (tertiary/aromatic N) is 6. The fraction of sp³-hybridized carbons (Fsp3) is 0.333. The van der Waals surface area contributed by atoms with E-state index in [9.17, 15) is 4.79 Å². The minimum atomic E-state index is -0.238. The standard InChI is InChI=1S/C18H21N7O/c1-23(2)14-6-5-13(11-19-14)18(26)21-17-12-20-15-7-8-16(22-25(15)17)24-9-3-4-10-24/h5-8,11-12H,3-4,9-10H2,1-2H3,(H,21,26). The lowest BCUT2D eigenvalue weighted by molar-refractivity contribution is 0.102. The molecule has 3 aromatic rings. The molecular weight excluding hydrogens is 330 g/mol. The van der Waals surface area contributed by atoms with Gasteiger partial charge in [-0.25, -0.2) is 9.97 Å². The molecular formula is C18H21N7O. The van der Waals surface area contributed by atoms with Crippen LogP contribution in [0.1, 0.15) is 23.2 Å². The highest BCUT2D eigenvalue weighted by atomic mass is 16.1. The van der Waals surface area contributed by atoms with Crippen molar-refractivity contribution >= 4 is 29.0 Å². The van der Waals surface area contributed by atoms with E-state index in [0.29, 0.717) is 17.0 Å². The van der Waals surface area contributed by atoms with Crippen LogP contribution in [-0.2, 0) is 0 Å². The molecule has 26 heavy (non-hydrogen) atoms. The molecule has 134 valence electrons. The monoisotopic (exact) mass is 351 g/mol. The highest BCUT2D eigenvalue weighted by Crippen LogP contribution is 2.20. The number of nitrogens with one attached hydrogen (secondary N) is 1. The number of amides is 1. The van der Waals surface area contributed by atoms with E-state index in [4.69, 9.17) is 0 Å². The predicted molar refractivity (Wildman–Crippen MR) is 101 cm³/mol. The van der Waals surface area contributed by atoms with E-state index in [1.807, 2.05) is 37.2 Å². The molecule has 0 radical (unpaired) electrons. The van der Waals surface area contributed by atoms with Gasteiger partial charge < -0.3 is 15.1 Å². The van der Waals surface area contributed by atoms with E-state index in [0.717, 1.165) is 24.7 Å². The lowest BCUT2D eigenvalue weighted by Crippen LogP contribution is -2.20. The Balaban J connectivity index is 1.57. The number of anilines is 3. The van der Waals surface area contributed by atoms with Crippen molar-refractivity contribution in [3.8, 4) is 0 Å². The fourth-order valence-corrected chi connectivity index (χ4v) is 3.04. The molecule has 0 aliphatic carbocycles. The lowest BCUT2D eigenvalue weighted by Gasteiger charge is -2.16. The molecule has 1 aliphatic heterocycles. The van der Waals surface area contributed by atoms with Crippen LogP contribution in [0.3, 0.4) is 0 Å². The van der Waals surface area contributed by atoms with Gasteiger partial charge in [0.1, 0.15) is 11.6 Å². The number of imidazole rings is 1. The summed E-state index contributed by atoms with van der Waals surface area (Å²) in [5, 5.41) is 7.52. The summed E-state index contributed by atoms with van der Waals surface area (Å²) < 4.78 is 1.67. The molecule has 8 nitrogen and oxygen atoms in total. The molecule has 8 heteroatoms. The van der Waals surface area contributed by atoms with Crippen LogP contribution < -0.4 is 15.1 Å². The van der Waals surface area contributed by atoms with Crippen molar-refractivity contribution in [3.63, 3.8) is 0 Å². The van der Waals surface area contributed by atoms with Crippen LogP contribution in [0.25, 0.3) is 5.65 Å². The number of carbonyl (C=O) groups excluding carboxylic acids is 1. The third kappa shape index (κ3) is 3.05. The molecule has 3 aromatic heterocycles. The molecule has 1 N–H and O–H groups in total. The second kappa shape index (κ2) is 6.62. The van der Waals surface area contributed by atoms with Gasteiger partial charge in [0.2, 0.25) is 0 Å². The van der Waals surface area contributed by atoms with Crippen molar-refractivity contribution < 1.29 is 4.79 Å². The van der Waals surface area contributed by atoms with Gasteiger partial charge in [0, 0.05) is 33.4 Å². The average molecular weight is 351 g/mol.